The van der Waals surface area contributed by atoms with E-state index in [0.717, 1.165) is 42.0 Å². The van der Waals surface area contributed by atoms with Gasteiger partial charge < -0.3 is 20.5 Å². The first-order chi connectivity index (χ1) is 12.6. The predicted octanol–water partition coefficient (Wildman–Crippen LogP) is 4.78. The molecular weight excluding hydrogens is 367 g/mol. The summed E-state index contributed by atoms with van der Waals surface area (Å²) in [6, 6.07) is 4.81. The van der Waals surface area contributed by atoms with Crippen molar-refractivity contribution in [1.82, 2.24) is 5.32 Å². The number of halogens is 1. The van der Waals surface area contributed by atoms with Crippen molar-refractivity contribution >= 4 is 17.9 Å². The molecule has 0 radical (unpaired) electrons. The molecular formula is C20H31FN2O3S. The zero-order valence-corrected chi connectivity index (χ0v) is 17.5. The van der Waals surface area contributed by atoms with Crippen LogP contribution in [0.1, 0.15) is 51.6 Å². The van der Waals surface area contributed by atoms with Crippen LogP contribution in [0.4, 0.5) is 9.18 Å². The SMILES string of the molecule is C=C(CCCSC)NC1CCOc2ccc(F)cc21.CC(C)(C)OC(N)=O. The fraction of sp³-hybridized carbons (Fsp3) is 0.550. The smallest absolute Gasteiger partial charge is 0.405 e. The molecule has 1 amide bonds. The van der Waals surface area contributed by atoms with Crippen LogP contribution in [0.3, 0.4) is 0 Å². The minimum atomic E-state index is -0.725. The average molecular weight is 399 g/mol. The number of nitrogens with one attached hydrogen (secondary N) is 1. The summed E-state index contributed by atoms with van der Waals surface area (Å²) in [7, 11) is 0. The second-order valence-corrected chi connectivity index (χ2v) is 8.24. The summed E-state index contributed by atoms with van der Waals surface area (Å²) in [5.41, 5.74) is 6.19. The van der Waals surface area contributed by atoms with Crippen LogP contribution >= 0.6 is 11.8 Å². The number of amides is 1. The van der Waals surface area contributed by atoms with Gasteiger partial charge in [-0.25, -0.2) is 9.18 Å². The molecule has 0 spiro atoms. The maximum atomic E-state index is 13.3. The summed E-state index contributed by atoms with van der Waals surface area (Å²) in [5, 5.41) is 3.41. The molecule has 0 aliphatic carbocycles. The molecule has 0 aromatic heterocycles. The van der Waals surface area contributed by atoms with Gasteiger partial charge in [-0.2, -0.15) is 11.8 Å². The van der Waals surface area contributed by atoms with Gasteiger partial charge in [0.25, 0.3) is 0 Å². The summed E-state index contributed by atoms with van der Waals surface area (Å²) < 4.78 is 23.5. The Labute approximate surface area is 165 Å². The molecule has 5 nitrogen and oxygen atoms in total. The molecule has 0 saturated heterocycles. The topological polar surface area (TPSA) is 73.6 Å². The van der Waals surface area contributed by atoms with E-state index < -0.39 is 11.7 Å². The number of carbonyl (C=O) groups excluding carboxylic acids is 1. The largest absolute Gasteiger partial charge is 0.493 e. The van der Waals surface area contributed by atoms with Crippen molar-refractivity contribution in [2.24, 2.45) is 5.73 Å². The van der Waals surface area contributed by atoms with E-state index in [9.17, 15) is 9.18 Å². The van der Waals surface area contributed by atoms with E-state index in [1.807, 2.05) is 11.8 Å². The standard InChI is InChI=1S/C15H20FNOS.C5H11NO2/c1-11(4-3-9-19-2)17-14-7-8-18-15-6-5-12(16)10-13(14)15;1-5(2,3)8-4(6)7/h5-6,10,14,17H,1,3-4,7-9H2,2H3;1-3H3,(H2,6,7). The lowest BCUT2D eigenvalue weighted by atomic mass is 10.00. The van der Waals surface area contributed by atoms with Gasteiger partial charge in [0.15, 0.2) is 0 Å². The molecule has 0 fully saturated rings. The molecule has 1 aliphatic rings. The van der Waals surface area contributed by atoms with E-state index in [1.54, 1.807) is 32.9 Å². The molecule has 3 N–H and O–H groups in total. The second kappa shape index (κ2) is 11.1. The first-order valence-corrected chi connectivity index (χ1v) is 10.4. The predicted molar refractivity (Wildman–Crippen MR) is 110 cm³/mol. The Kier molecular flexibility index (Phi) is 9.49. The molecule has 27 heavy (non-hydrogen) atoms. The molecule has 0 bridgehead atoms. The fourth-order valence-electron chi connectivity index (χ4n) is 2.57. The number of ether oxygens (including phenoxy) is 2. The third kappa shape index (κ3) is 9.56. The van der Waals surface area contributed by atoms with Crippen LogP contribution in [-0.2, 0) is 4.74 Å². The molecule has 152 valence electrons. The monoisotopic (exact) mass is 398 g/mol. The number of rotatable bonds is 6. The highest BCUT2D eigenvalue weighted by Crippen LogP contribution is 2.33. The Bertz CT molecular complexity index is 632. The normalized spacial score (nSPS) is 15.5. The number of hydrogen-bond donors (Lipinski definition) is 2. The van der Waals surface area contributed by atoms with E-state index in [0.29, 0.717) is 6.61 Å². The molecule has 1 aliphatic heterocycles. The van der Waals surface area contributed by atoms with Crippen LogP contribution in [0.15, 0.2) is 30.5 Å². The first kappa shape index (κ1) is 23.1. The van der Waals surface area contributed by atoms with Gasteiger partial charge in [0.2, 0.25) is 0 Å². The number of fused-ring (bicyclic) bond motifs is 1. The highest BCUT2D eigenvalue weighted by molar-refractivity contribution is 7.98. The lowest BCUT2D eigenvalue weighted by Crippen LogP contribution is -2.27. The van der Waals surface area contributed by atoms with Crippen LogP contribution in [0.5, 0.6) is 5.75 Å². The number of primary amides is 1. The number of allylic oxidation sites excluding steroid dienone is 1. The Morgan fingerprint density at radius 2 is 2.19 bits per heavy atom. The van der Waals surface area contributed by atoms with Crippen molar-refractivity contribution in [2.75, 3.05) is 18.6 Å². The average Bonchev–Trinajstić information content (AvgIpc) is 2.54. The van der Waals surface area contributed by atoms with E-state index >= 15 is 0 Å². The van der Waals surface area contributed by atoms with Crippen molar-refractivity contribution in [3.63, 3.8) is 0 Å². The number of thioether (sulfide) groups is 1. The molecule has 0 saturated carbocycles. The van der Waals surface area contributed by atoms with Crippen molar-refractivity contribution in [2.45, 2.75) is 51.7 Å². The maximum absolute atomic E-state index is 13.3. The first-order valence-electron chi connectivity index (χ1n) is 8.96. The van der Waals surface area contributed by atoms with Crippen LogP contribution in [0, 0.1) is 5.82 Å². The molecule has 1 atom stereocenters. The molecule has 1 heterocycles. The van der Waals surface area contributed by atoms with Crippen molar-refractivity contribution in [3.8, 4) is 5.75 Å². The van der Waals surface area contributed by atoms with Crippen LogP contribution < -0.4 is 15.8 Å². The lowest BCUT2D eigenvalue weighted by Gasteiger charge is -2.28. The van der Waals surface area contributed by atoms with Crippen LogP contribution in [-0.4, -0.2) is 30.3 Å². The Morgan fingerprint density at radius 3 is 2.74 bits per heavy atom. The quantitative estimate of drug-likeness (QED) is 0.675. The lowest BCUT2D eigenvalue weighted by molar-refractivity contribution is 0.0600. The third-order valence-corrected chi connectivity index (χ3v) is 4.32. The summed E-state index contributed by atoms with van der Waals surface area (Å²) in [4.78, 5) is 10.0. The van der Waals surface area contributed by atoms with Gasteiger partial charge in [0.1, 0.15) is 17.2 Å². The third-order valence-electron chi connectivity index (χ3n) is 3.62. The zero-order valence-electron chi connectivity index (χ0n) is 16.6. The number of carbonyl (C=O) groups is 1. The minimum absolute atomic E-state index is 0.112. The Balaban J connectivity index is 0.000000387. The molecule has 7 heteroatoms. The van der Waals surface area contributed by atoms with Gasteiger partial charge in [-0.15, -0.1) is 0 Å². The molecule has 1 unspecified atom stereocenters. The fourth-order valence-corrected chi connectivity index (χ4v) is 3.00. The maximum Gasteiger partial charge on any atom is 0.405 e. The Hall–Kier alpha value is -1.89. The van der Waals surface area contributed by atoms with Gasteiger partial charge in [0.05, 0.1) is 12.6 Å². The van der Waals surface area contributed by atoms with E-state index in [-0.39, 0.29) is 11.9 Å². The summed E-state index contributed by atoms with van der Waals surface area (Å²) in [6.45, 7) is 10.0. The highest BCUT2D eigenvalue weighted by Gasteiger charge is 2.22. The van der Waals surface area contributed by atoms with Crippen molar-refractivity contribution in [1.29, 1.82) is 0 Å². The van der Waals surface area contributed by atoms with Gasteiger partial charge in [-0.3, -0.25) is 0 Å². The van der Waals surface area contributed by atoms with Gasteiger partial charge in [-0.1, -0.05) is 6.58 Å². The van der Waals surface area contributed by atoms with E-state index in [4.69, 9.17) is 10.5 Å². The molecule has 1 aromatic carbocycles. The number of benzene rings is 1. The van der Waals surface area contributed by atoms with E-state index in [2.05, 4.69) is 22.9 Å². The van der Waals surface area contributed by atoms with Crippen LogP contribution in [0.2, 0.25) is 0 Å². The second-order valence-electron chi connectivity index (χ2n) is 7.25. The van der Waals surface area contributed by atoms with Crippen molar-refractivity contribution in [3.05, 3.63) is 41.9 Å². The van der Waals surface area contributed by atoms with E-state index in [1.165, 1.54) is 6.07 Å². The highest BCUT2D eigenvalue weighted by atomic mass is 32.2. The van der Waals surface area contributed by atoms with Crippen LogP contribution in [0.25, 0.3) is 0 Å². The molecule has 2 rings (SSSR count). The van der Waals surface area contributed by atoms with Gasteiger partial charge >= 0.3 is 6.09 Å². The number of nitrogens with two attached hydrogens (primary N) is 1. The number of hydrogen-bond acceptors (Lipinski definition) is 5. The van der Waals surface area contributed by atoms with Crippen molar-refractivity contribution < 1.29 is 18.7 Å². The Morgan fingerprint density at radius 1 is 1.48 bits per heavy atom. The minimum Gasteiger partial charge on any atom is -0.493 e. The van der Waals surface area contributed by atoms with Gasteiger partial charge in [0, 0.05) is 17.7 Å². The van der Waals surface area contributed by atoms with Gasteiger partial charge in [-0.05, 0) is 63.8 Å². The summed E-state index contributed by atoms with van der Waals surface area (Å²) >= 11 is 1.84. The summed E-state index contributed by atoms with van der Waals surface area (Å²) in [5.74, 6) is 1.70. The summed E-state index contributed by atoms with van der Waals surface area (Å²) in [6.07, 6.45) is 4.30. The zero-order chi connectivity index (χ0) is 20.4. The molecule has 1 aromatic rings.